The van der Waals surface area contributed by atoms with Crippen LogP contribution in [-0.4, -0.2) is 5.11 Å². The first kappa shape index (κ1) is 12.7. The summed E-state index contributed by atoms with van der Waals surface area (Å²) in [6.07, 6.45) is 0.00459. The molecule has 1 N–H and O–H groups in total. The molecule has 1 aromatic carbocycles. The van der Waals surface area contributed by atoms with Crippen molar-refractivity contribution < 1.29 is 5.11 Å². The van der Waals surface area contributed by atoms with E-state index >= 15 is 0 Å². The molecule has 0 aromatic heterocycles. The van der Waals surface area contributed by atoms with Gasteiger partial charge in [-0.1, -0.05) is 51.1 Å². The summed E-state index contributed by atoms with van der Waals surface area (Å²) in [6, 6.07) is 11.6. The van der Waals surface area contributed by atoms with Gasteiger partial charge in [0.25, 0.3) is 0 Å². The van der Waals surface area contributed by atoms with Gasteiger partial charge in [0.2, 0.25) is 0 Å². The van der Waals surface area contributed by atoms with Gasteiger partial charge in [-0.3, -0.25) is 0 Å². The van der Waals surface area contributed by atoms with E-state index in [9.17, 15) is 5.11 Å². The van der Waals surface area contributed by atoms with Crippen LogP contribution in [0.3, 0.4) is 0 Å². The zero-order valence-electron chi connectivity index (χ0n) is 10.1. The van der Waals surface area contributed by atoms with Gasteiger partial charge >= 0.3 is 0 Å². The molecule has 0 spiro atoms. The molecule has 86 valence electrons. The lowest BCUT2D eigenvalue weighted by atomic mass is 9.81. The number of nitriles is 1. The summed E-state index contributed by atoms with van der Waals surface area (Å²) in [5.41, 5.74) is 0.870. The van der Waals surface area contributed by atoms with Crippen LogP contribution in [0, 0.1) is 22.7 Å². The smallest absolute Gasteiger partial charge is 0.0948 e. The van der Waals surface area contributed by atoms with E-state index in [-0.39, 0.29) is 11.3 Å². The van der Waals surface area contributed by atoms with Crippen molar-refractivity contribution in [1.29, 1.82) is 5.26 Å². The minimum Gasteiger partial charge on any atom is -0.387 e. The van der Waals surface area contributed by atoms with Crippen LogP contribution >= 0.6 is 0 Å². The van der Waals surface area contributed by atoms with Crippen LogP contribution in [0.15, 0.2) is 30.3 Å². The zero-order chi connectivity index (χ0) is 12.2. The first-order valence-corrected chi connectivity index (χ1v) is 5.56. The van der Waals surface area contributed by atoms with Gasteiger partial charge in [-0.15, -0.1) is 0 Å². The molecule has 2 unspecified atom stereocenters. The summed E-state index contributed by atoms with van der Waals surface area (Å²) in [4.78, 5) is 0. The van der Waals surface area contributed by atoms with Crippen LogP contribution in [0.5, 0.6) is 0 Å². The maximum Gasteiger partial charge on any atom is 0.0948 e. The third kappa shape index (κ3) is 3.67. The number of rotatable bonds is 3. The zero-order valence-corrected chi connectivity index (χ0v) is 10.1. The van der Waals surface area contributed by atoms with E-state index in [4.69, 9.17) is 5.26 Å². The molecular weight excluding hydrogens is 198 g/mol. The third-order valence-electron chi connectivity index (χ3n) is 2.52. The first-order chi connectivity index (χ1) is 7.44. The highest BCUT2D eigenvalue weighted by Crippen LogP contribution is 2.32. The molecule has 0 aliphatic rings. The normalized spacial score (nSPS) is 15.2. The van der Waals surface area contributed by atoms with E-state index in [0.29, 0.717) is 6.42 Å². The van der Waals surface area contributed by atoms with E-state index < -0.39 is 6.10 Å². The Morgan fingerprint density at radius 2 is 1.81 bits per heavy atom. The van der Waals surface area contributed by atoms with Crippen LogP contribution in [0.4, 0.5) is 0 Å². The molecule has 0 aliphatic heterocycles. The number of benzene rings is 1. The maximum absolute atomic E-state index is 10.1. The fraction of sp³-hybridized carbons (Fsp3) is 0.500. The van der Waals surface area contributed by atoms with Gasteiger partial charge in [0.1, 0.15) is 0 Å². The largest absolute Gasteiger partial charge is 0.387 e. The van der Waals surface area contributed by atoms with Crippen molar-refractivity contribution in [3.63, 3.8) is 0 Å². The van der Waals surface area contributed by atoms with Crippen molar-refractivity contribution in [3.05, 3.63) is 35.9 Å². The summed E-state index contributed by atoms with van der Waals surface area (Å²) >= 11 is 0. The molecule has 0 aliphatic carbocycles. The van der Waals surface area contributed by atoms with E-state index in [1.54, 1.807) is 0 Å². The van der Waals surface area contributed by atoms with Gasteiger partial charge in [0, 0.05) is 0 Å². The molecule has 2 nitrogen and oxygen atoms in total. The van der Waals surface area contributed by atoms with Crippen LogP contribution in [0.2, 0.25) is 0 Å². The highest BCUT2D eigenvalue weighted by Gasteiger charge is 2.25. The van der Waals surface area contributed by atoms with Gasteiger partial charge in [-0.05, 0) is 17.4 Å². The predicted octanol–water partition coefficient (Wildman–Crippen LogP) is 3.30. The molecule has 2 heteroatoms. The quantitative estimate of drug-likeness (QED) is 0.844. The van der Waals surface area contributed by atoms with Gasteiger partial charge in [0.05, 0.1) is 18.1 Å². The number of nitrogens with zero attached hydrogens (tertiary/aromatic N) is 1. The molecule has 1 aromatic rings. The highest BCUT2D eigenvalue weighted by atomic mass is 16.3. The third-order valence-corrected chi connectivity index (χ3v) is 2.52. The van der Waals surface area contributed by atoms with Gasteiger partial charge in [-0.2, -0.15) is 5.26 Å². The van der Waals surface area contributed by atoms with Crippen molar-refractivity contribution in [2.24, 2.45) is 11.3 Å². The van der Waals surface area contributed by atoms with E-state index in [1.165, 1.54) is 0 Å². The summed E-state index contributed by atoms with van der Waals surface area (Å²) < 4.78 is 0. The molecule has 0 saturated carbocycles. The van der Waals surface area contributed by atoms with Crippen LogP contribution < -0.4 is 0 Å². The summed E-state index contributed by atoms with van der Waals surface area (Å²) in [6.45, 7) is 6.24. The summed E-state index contributed by atoms with van der Waals surface area (Å²) in [5.74, 6) is -0.345. The Labute approximate surface area is 97.5 Å². The van der Waals surface area contributed by atoms with Crippen molar-refractivity contribution in [2.75, 3.05) is 0 Å². The number of aliphatic hydroxyl groups is 1. The molecule has 1 rings (SSSR count). The number of aliphatic hydroxyl groups excluding tert-OH is 1. The minimum absolute atomic E-state index is 0.0517. The van der Waals surface area contributed by atoms with Crippen LogP contribution in [-0.2, 0) is 0 Å². The molecule has 0 bridgehead atoms. The predicted molar refractivity (Wildman–Crippen MR) is 64.6 cm³/mol. The fourth-order valence-corrected chi connectivity index (χ4v) is 1.77. The Kier molecular flexibility index (Phi) is 4.09. The lowest BCUT2D eigenvalue weighted by Crippen LogP contribution is -2.18. The Hall–Kier alpha value is -1.33. The van der Waals surface area contributed by atoms with Crippen molar-refractivity contribution in [1.82, 2.24) is 0 Å². The standard InChI is InChI=1S/C14H19NO/c1-14(2,3)9-12(10-15)13(16)11-7-5-4-6-8-11/h4-8,12-13,16H,9H2,1-3H3. The Morgan fingerprint density at radius 1 is 1.25 bits per heavy atom. The monoisotopic (exact) mass is 217 g/mol. The average molecular weight is 217 g/mol. The number of hydrogen-bond acceptors (Lipinski definition) is 2. The molecule has 16 heavy (non-hydrogen) atoms. The topological polar surface area (TPSA) is 44.0 Å². The second-order valence-corrected chi connectivity index (χ2v) is 5.36. The molecule has 0 amide bonds. The molecule has 0 fully saturated rings. The Morgan fingerprint density at radius 3 is 2.25 bits per heavy atom. The second-order valence-electron chi connectivity index (χ2n) is 5.36. The van der Waals surface area contributed by atoms with Crippen molar-refractivity contribution >= 4 is 0 Å². The lowest BCUT2D eigenvalue weighted by molar-refractivity contribution is 0.110. The lowest BCUT2D eigenvalue weighted by Gasteiger charge is -2.25. The minimum atomic E-state index is -0.689. The Bertz CT molecular complexity index is 359. The average Bonchev–Trinajstić information content (AvgIpc) is 2.25. The van der Waals surface area contributed by atoms with Gasteiger partial charge < -0.3 is 5.11 Å². The van der Waals surface area contributed by atoms with Gasteiger partial charge in [0.15, 0.2) is 0 Å². The van der Waals surface area contributed by atoms with Gasteiger partial charge in [-0.25, -0.2) is 0 Å². The molecule has 0 saturated heterocycles. The van der Waals surface area contributed by atoms with Crippen LogP contribution in [0.25, 0.3) is 0 Å². The van der Waals surface area contributed by atoms with E-state index in [1.807, 2.05) is 30.3 Å². The summed E-state index contributed by atoms with van der Waals surface area (Å²) in [7, 11) is 0. The maximum atomic E-state index is 10.1. The molecular formula is C14H19NO. The second kappa shape index (κ2) is 5.14. The molecule has 0 heterocycles. The SMILES string of the molecule is CC(C)(C)CC(C#N)C(O)c1ccccc1. The molecule has 2 atom stereocenters. The number of hydrogen-bond donors (Lipinski definition) is 1. The van der Waals surface area contributed by atoms with E-state index in [0.717, 1.165) is 5.56 Å². The van der Waals surface area contributed by atoms with Crippen molar-refractivity contribution in [3.8, 4) is 6.07 Å². The van der Waals surface area contributed by atoms with Crippen LogP contribution in [0.1, 0.15) is 38.9 Å². The van der Waals surface area contributed by atoms with Crippen molar-refractivity contribution in [2.45, 2.75) is 33.3 Å². The first-order valence-electron chi connectivity index (χ1n) is 5.56. The fourth-order valence-electron chi connectivity index (χ4n) is 1.77. The summed E-state index contributed by atoms with van der Waals surface area (Å²) in [5, 5.41) is 19.2. The Balaban J connectivity index is 2.79. The van der Waals surface area contributed by atoms with E-state index in [2.05, 4.69) is 26.8 Å². The highest BCUT2D eigenvalue weighted by molar-refractivity contribution is 5.19. The molecule has 0 radical (unpaired) electrons.